The van der Waals surface area contributed by atoms with E-state index in [-0.39, 0.29) is 12.4 Å². The summed E-state index contributed by atoms with van der Waals surface area (Å²) in [6, 6.07) is 0. The summed E-state index contributed by atoms with van der Waals surface area (Å²) < 4.78 is 47.1. The SMILES string of the molecule is CC(C)(C)OC(=O)N1CCC(c2nc(C(F)(F)F)no2)C1. The minimum atomic E-state index is -4.63. The molecule has 0 radical (unpaired) electrons. The van der Waals surface area contributed by atoms with E-state index in [4.69, 9.17) is 4.74 Å². The average Bonchev–Trinajstić information content (AvgIpc) is 2.95. The molecular weight excluding hydrogens is 291 g/mol. The van der Waals surface area contributed by atoms with Gasteiger partial charge in [0.25, 0.3) is 5.82 Å². The highest BCUT2D eigenvalue weighted by molar-refractivity contribution is 5.68. The highest BCUT2D eigenvalue weighted by Gasteiger charge is 2.39. The quantitative estimate of drug-likeness (QED) is 0.798. The normalized spacial score (nSPS) is 19.9. The number of carbonyl (C=O) groups is 1. The molecule has 1 amide bonds. The van der Waals surface area contributed by atoms with E-state index < -0.39 is 29.6 Å². The van der Waals surface area contributed by atoms with Crippen molar-refractivity contribution in [3.8, 4) is 0 Å². The van der Waals surface area contributed by atoms with Crippen LogP contribution in [0.2, 0.25) is 0 Å². The van der Waals surface area contributed by atoms with Crippen molar-refractivity contribution in [2.24, 2.45) is 0 Å². The highest BCUT2D eigenvalue weighted by atomic mass is 19.4. The average molecular weight is 307 g/mol. The molecule has 1 aromatic heterocycles. The van der Waals surface area contributed by atoms with Crippen LogP contribution in [0, 0.1) is 0 Å². The second kappa shape index (κ2) is 5.19. The summed E-state index contributed by atoms with van der Waals surface area (Å²) in [7, 11) is 0. The Morgan fingerprint density at radius 3 is 2.57 bits per heavy atom. The van der Waals surface area contributed by atoms with E-state index in [1.807, 2.05) is 0 Å². The van der Waals surface area contributed by atoms with Gasteiger partial charge in [0, 0.05) is 13.1 Å². The Bertz CT molecular complexity index is 522. The lowest BCUT2D eigenvalue weighted by Crippen LogP contribution is -2.35. The van der Waals surface area contributed by atoms with E-state index in [1.165, 1.54) is 4.90 Å². The summed E-state index contributed by atoms with van der Waals surface area (Å²) in [5.41, 5.74) is -0.622. The molecule has 2 rings (SSSR count). The van der Waals surface area contributed by atoms with E-state index in [2.05, 4.69) is 14.7 Å². The monoisotopic (exact) mass is 307 g/mol. The molecule has 1 aliphatic rings. The van der Waals surface area contributed by atoms with Gasteiger partial charge in [-0.15, -0.1) is 0 Å². The Morgan fingerprint density at radius 2 is 2.05 bits per heavy atom. The van der Waals surface area contributed by atoms with E-state index >= 15 is 0 Å². The molecule has 0 aromatic carbocycles. The summed E-state index contributed by atoms with van der Waals surface area (Å²) in [6.45, 7) is 5.81. The smallest absolute Gasteiger partial charge is 0.444 e. The van der Waals surface area contributed by atoms with Crippen molar-refractivity contribution in [2.75, 3.05) is 13.1 Å². The van der Waals surface area contributed by atoms with Crippen LogP contribution in [0.4, 0.5) is 18.0 Å². The number of hydrogen-bond acceptors (Lipinski definition) is 5. The van der Waals surface area contributed by atoms with Gasteiger partial charge in [-0.2, -0.15) is 18.2 Å². The molecule has 1 aromatic rings. The number of alkyl halides is 3. The number of halogens is 3. The van der Waals surface area contributed by atoms with Crippen LogP contribution in [0.3, 0.4) is 0 Å². The van der Waals surface area contributed by atoms with Gasteiger partial charge in [0.2, 0.25) is 5.89 Å². The van der Waals surface area contributed by atoms with Crippen LogP contribution >= 0.6 is 0 Å². The number of aromatic nitrogens is 2. The number of likely N-dealkylation sites (tertiary alicyclic amines) is 1. The summed E-state index contributed by atoms with van der Waals surface area (Å²) in [5, 5.41) is 2.92. The fourth-order valence-corrected chi connectivity index (χ4v) is 1.97. The largest absolute Gasteiger partial charge is 0.455 e. The van der Waals surface area contributed by atoms with Gasteiger partial charge in [0.15, 0.2) is 0 Å². The summed E-state index contributed by atoms with van der Waals surface area (Å²) in [6.07, 6.45) is -4.68. The first-order valence-electron chi connectivity index (χ1n) is 6.45. The fraction of sp³-hybridized carbons (Fsp3) is 0.750. The lowest BCUT2D eigenvalue weighted by molar-refractivity contribution is -0.146. The van der Waals surface area contributed by atoms with Crippen molar-refractivity contribution < 1.29 is 27.2 Å². The molecule has 21 heavy (non-hydrogen) atoms. The number of ether oxygens (including phenoxy) is 1. The molecule has 1 fully saturated rings. The van der Waals surface area contributed by atoms with Gasteiger partial charge < -0.3 is 14.2 Å². The first-order valence-corrected chi connectivity index (χ1v) is 6.45. The van der Waals surface area contributed by atoms with Crippen LogP contribution in [-0.2, 0) is 10.9 Å². The summed E-state index contributed by atoms with van der Waals surface area (Å²) >= 11 is 0. The van der Waals surface area contributed by atoms with Gasteiger partial charge in [-0.1, -0.05) is 5.16 Å². The van der Waals surface area contributed by atoms with Crippen LogP contribution in [0.1, 0.15) is 44.8 Å². The van der Waals surface area contributed by atoms with E-state index in [9.17, 15) is 18.0 Å². The molecule has 0 bridgehead atoms. The standard InChI is InChI=1S/C12H16F3N3O3/c1-11(2,3)20-10(19)18-5-4-7(6-18)8-16-9(17-21-8)12(13,14)15/h7H,4-6H2,1-3H3. The number of rotatable bonds is 1. The van der Waals surface area contributed by atoms with E-state index in [0.717, 1.165) is 0 Å². The second-order valence-corrected chi connectivity index (χ2v) is 5.87. The van der Waals surface area contributed by atoms with E-state index in [1.54, 1.807) is 20.8 Å². The van der Waals surface area contributed by atoms with Gasteiger partial charge >= 0.3 is 12.3 Å². The van der Waals surface area contributed by atoms with Crippen molar-refractivity contribution in [1.82, 2.24) is 15.0 Å². The van der Waals surface area contributed by atoms with Crippen molar-refractivity contribution in [2.45, 2.75) is 44.9 Å². The van der Waals surface area contributed by atoms with Crippen LogP contribution in [-0.4, -0.2) is 39.8 Å². The third-order valence-corrected chi connectivity index (χ3v) is 2.88. The third-order valence-electron chi connectivity index (χ3n) is 2.88. The summed E-state index contributed by atoms with van der Waals surface area (Å²) in [5.74, 6) is -1.80. The maximum Gasteiger partial charge on any atom is 0.455 e. The minimum absolute atomic E-state index is 0.103. The van der Waals surface area contributed by atoms with E-state index in [0.29, 0.717) is 13.0 Å². The van der Waals surface area contributed by atoms with Gasteiger partial charge in [-0.05, 0) is 27.2 Å². The molecule has 118 valence electrons. The first kappa shape index (κ1) is 15.6. The van der Waals surface area contributed by atoms with Gasteiger partial charge in [-0.25, -0.2) is 4.79 Å². The Balaban J connectivity index is 1.99. The van der Waals surface area contributed by atoms with Crippen molar-refractivity contribution >= 4 is 6.09 Å². The van der Waals surface area contributed by atoms with Crippen LogP contribution in [0.15, 0.2) is 4.52 Å². The third kappa shape index (κ3) is 3.85. The van der Waals surface area contributed by atoms with Crippen LogP contribution in [0.5, 0.6) is 0 Å². The molecule has 1 unspecified atom stereocenters. The zero-order valence-electron chi connectivity index (χ0n) is 11.9. The molecule has 1 atom stereocenters. The predicted molar refractivity (Wildman–Crippen MR) is 64.5 cm³/mol. The maximum absolute atomic E-state index is 12.4. The molecule has 0 N–H and O–H groups in total. The molecular formula is C12H16F3N3O3. The number of carbonyl (C=O) groups excluding carboxylic acids is 1. The lowest BCUT2D eigenvalue weighted by atomic mass is 10.1. The fourth-order valence-electron chi connectivity index (χ4n) is 1.97. The van der Waals surface area contributed by atoms with Crippen molar-refractivity contribution in [3.05, 3.63) is 11.7 Å². The molecule has 0 aliphatic carbocycles. The van der Waals surface area contributed by atoms with Crippen molar-refractivity contribution in [1.29, 1.82) is 0 Å². The molecule has 0 saturated carbocycles. The molecule has 6 nitrogen and oxygen atoms in total. The van der Waals surface area contributed by atoms with Gasteiger partial charge in [-0.3, -0.25) is 0 Å². The molecule has 1 saturated heterocycles. The van der Waals surface area contributed by atoms with Gasteiger partial charge in [0.05, 0.1) is 5.92 Å². The Morgan fingerprint density at radius 1 is 1.38 bits per heavy atom. The zero-order chi connectivity index (χ0) is 15.8. The van der Waals surface area contributed by atoms with Crippen molar-refractivity contribution in [3.63, 3.8) is 0 Å². The Hall–Kier alpha value is -1.80. The molecule has 0 spiro atoms. The zero-order valence-corrected chi connectivity index (χ0v) is 11.9. The topological polar surface area (TPSA) is 68.5 Å². The molecule has 1 aliphatic heterocycles. The lowest BCUT2D eigenvalue weighted by Gasteiger charge is -2.24. The molecule has 2 heterocycles. The summed E-state index contributed by atoms with van der Waals surface area (Å²) in [4.78, 5) is 16.6. The first-order chi connectivity index (χ1) is 9.56. The minimum Gasteiger partial charge on any atom is -0.444 e. The van der Waals surface area contributed by atoms with Crippen LogP contribution < -0.4 is 0 Å². The second-order valence-electron chi connectivity index (χ2n) is 5.87. The predicted octanol–water partition coefficient (Wildman–Crippen LogP) is 2.81. The maximum atomic E-state index is 12.4. The Kier molecular flexibility index (Phi) is 3.85. The Labute approximate surface area is 119 Å². The number of hydrogen-bond donors (Lipinski definition) is 0. The molecule has 9 heteroatoms. The van der Waals surface area contributed by atoms with Gasteiger partial charge in [0.1, 0.15) is 5.60 Å². The number of amides is 1. The highest BCUT2D eigenvalue weighted by Crippen LogP contribution is 2.31. The van der Waals surface area contributed by atoms with Crippen LogP contribution in [0.25, 0.3) is 0 Å². The number of nitrogens with zero attached hydrogens (tertiary/aromatic N) is 3.